The number of carbonyl (C=O) groups excluding carboxylic acids is 2. The monoisotopic (exact) mass is 544 g/mol. The number of likely N-dealkylation sites (tertiary alicyclic amines) is 2. The van der Waals surface area contributed by atoms with Gasteiger partial charge in [-0.15, -0.1) is 0 Å². The molecule has 2 aromatic rings. The van der Waals surface area contributed by atoms with E-state index in [1.54, 1.807) is 23.2 Å². The zero-order valence-corrected chi connectivity index (χ0v) is 21.4. The van der Waals surface area contributed by atoms with Gasteiger partial charge in [0.2, 0.25) is 5.91 Å². The number of nitrogens with one attached hydrogen (secondary N) is 1. The van der Waals surface area contributed by atoms with Gasteiger partial charge in [0.05, 0.1) is 17.8 Å². The fourth-order valence-corrected chi connectivity index (χ4v) is 6.63. The summed E-state index contributed by atoms with van der Waals surface area (Å²) < 4.78 is 38.9. The number of hydrogen-bond acceptors (Lipinski definition) is 5. The van der Waals surface area contributed by atoms with Gasteiger partial charge in [-0.2, -0.15) is 13.2 Å². The largest absolute Gasteiger partial charge is 0.481 e. The summed E-state index contributed by atoms with van der Waals surface area (Å²) in [5.74, 6) is -1.83. The lowest BCUT2D eigenvalue weighted by Gasteiger charge is -2.41. The Morgan fingerprint density at radius 1 is 1.00 bits per heavy atom. The molecule has 8 nitrogen and oxygen atoms in total. The number of aliphatic carboxylic acids is 1. The number of carboxylic acid groups (broad SMARTS) is 1. The van der Waals surface area contributed by atoms with E-state index in [4.69, 9.17) is 0 Å². The lowest BCUT2D eigenvalue weighted by atomic mass is 9.69. The van der Waals surface area contributed by atoms with E-state index in [0.29, 0.717) is 25.1 Å². The van der Waals surface area contributed by atoms with Crippen molar-refractivity contribution in [2.75, 3.05) is 19.6 Å². The molecule has 3 heterocycles. The third kappa shape index (κ3) is 5.24. The molecule has 0 radical (unpaired) electrons. The topological polar surface area (TPSA) is 103 Å². The molecule has 2 amide bonds. The summed E-state index contributed by atoms with van der Waals surface area (Å²) in [6, 6.07) is 9.90. The highest BCUT2D eigenvalue weighted by atomic mass is 19.4. The normalized spacial score (nSPS) is 27.3. The molecule has 2 atom stereocenters. The summed E-state index contributed by atoms with van der Waals surface area (Å²) in [5, 5.41) is 12.5. The highest BCUT2D eigenvalue weighted by Gasteiger charge is 2.50. The van der Waals surface area contributed by atoms with Gasteiger partial charge in [0.15, 0.2) is 0 Å². The van der Waals surface area contributed by atoms with Crippen molar-refractivity contribution in [2.24, 2.45) is 0 Å². The smallest absolute Gasteiger partial charge is 0.416 e. The second-order valence-corrected chi connectivity index (χ2v) is 10.6. The molecule has 208 valence electrons. The quantitative estimate of drug-likeness (QED) is 0.578. The van der Waals surface area contributed by atoms with E-state index in [-0.39, 0.29) is 36.1 Å². The maximum Gasteiger partial charge on any atom is 0.416 e. The number of amides is 2. The number of hydrogen-bond donors (Lipinski definition) is 2. The number of pyridine rings is 1. The first-order valence-corrected chi connectivity index (χ1v) is 13.3. The highest BCUT2D eigenvalue weighted by Crippen LogP contribution is 2.43. The van der Waals surface area contributed by atoms with Gasteiger partial charge in [0, 0.05) is 43.0 Å². The van der Waals surface area contributed by atoms with Gasteiger partial charge in [-0.3, -0.25) is 24.3 Å². The SMILES string of the molecule is O=C(NCC(=O)N1CCC2C1CCN2C1CCC(C(=O)O)(c2ccccn2)CC1)c1cccc(C(F)(F)F)c1. The zero-order chi connectivity index (χ0) is 27.8. The fourth-order valence-electron chi connectivity index (χ4n) is 6.63. The Hall–Kier alpha value is -3.47. The maximum absolute atomic E-state index is 13.0. The summed E-state index contributed by atoms with van der Waals surface area (Å²) in [6.45, 7) is 1.07. The Morgan fingerprint density at radius 2 is 1.74 bits per heavy atom. The van der Waals surface area contributed by atoms with Crippen molar-refractivity contribution in [2.45, 2.75) is 68.2 Å². The first-order chi connectivity index (χ1) is 18.6. The molecule has 0 bridgehead atoms. The van der Waals surface area contributed by atoms with E-state index < -0.39 is 29.0 Å². The Labute approximate surface area is 224 Å². The highest BCUT2D eigenvalue weighted by molar-refractivity contribution is 5.96. The minimum Gasteiger partial charge on any atom is -0.481 e. The molecule has 1 aliphatic carbocycles. The number of nitrogens with zero attached hydrogens (tertiary/aromatic N) is 3. The lowest BCUT2D eigenvalue weighted by Crippen LogP contribution is -2.49. The molecule has 1 aromatic carbocycles. The lowest BCUT2D eigenvalue weighted by molar-refractivity contribution is -0.146. The summed E-state index contributed by atoms with van der Waals surface area (Å²) in [6.07, 6.45) is 1.11. The number of aromatic nitrogens is 1. The van der Waals surface area contributed by atoms with Crippen LogP contribution in [0.4, 0.5) is 13.2 Å². The van der Waals surface area contributed by atoms with E-state index in [1.807, 2.05) is 6.07 Å². The summed E-state index contributed by atoms with van der Waals surface area (Å²) >= 11 is 0. The van der Waals surface area contributed by atoms with Crippen LogP contribution in [0.25, 0.3) is 0 Å². The summed E-state index contributed by atoms with van der Waals surface area (Å²) in [5.41, 5.74) is -1.45. The van der Waals surface area contributed by atoms with Crippen LogP contribution < -0.4 is 5.32 Å². The average molecular weight is 545 g/mol. The number of rotatable bonds is 6. The number of benzene rings is 1. The fraction of sp³-hybridized carbons (Fsp3) is 0.500. The van der Waals surface area contributed by atoms with E-state index in [0.717, 1.165) is 44.4 Å². The van der Waals surface area contributed by atoms with Crippen molar-refractivity contribution >= 4 is 17.8 Å². The third-order valence-corrected chi connectivity index (χ3v) is 8.63. The number of halogens is 3. The average Bonchev–Trinajstić information content (AvgIpc) is 3.54. The standard InChI is InChI=1S/C28H31F3N4O4/c29-28(30,31)19-5-3-4-18(16-19)25(37)33-17-24(36)35-15-10-21-22(35)9-14-34(21)20-7-11-27(12-8-20,26(38)39)23-6-1-2-13-32-23/h1-6,13,16,20-22H,7-12,14-15,17H2,(H,33,37)(H,38,39). The first kappa shape index (κ1) is 27.1. The van der Waals surface area contributed by atoms with Gasteiger partial charge < -0.3 is 15.3 Å². The van der Waals surface area contributed by atoms with Gasteiger partial charge in [0.25, 0.3) is 5.91 Å². The van der Waals surface area contributed by atoms with Crippen LogP contribution in [0.1, 0.15) is 60.1 Å². The van der Waals surface area contributed by atoms with Gasteiger partial charge in [-0.05, 0) is 68.9 Å². The molecule has 2 aliphatic heterocycles. The first-order valence-electron chi connectivity index (χ1n) is 13.3. The van der Waals surface area contributed by atoms with E-state index in [9.17, 15) is 32.7 Å². The van der Waals surface area contributed by atoms with Gasteiger partial charge in [0.1, 0.15) is 5.41 Å². The van der Waals surface area contributed by atoms with Crippen molar-refractivity contribution in [3.05, 3.63) is 65.5 Å². The van der Waals surface area contributed by atoms with Crippen LogP contribution in [-0.4, -0.2) is 75.4 Å². The van der Waals surface area contributed by atoms with E-state index >= 15 is 0 Å². The van der Waals surface area contributed by atoms with Crippen LogP contribution in [0.5, 0.6) is 0 Å². The summed E-state index contributed by atoms with van der Waals surface area (Å²) in [7, 11) is 0. The van der Waals surface area contributed by atoms with Crippen LogP contribution >= 0.6 is 0 Å². The van der Waals surface area contributed by atoms with Gasteiger partial charge >= 0.3 is 12.1 Å². The van der Waals surface area contributed by atoms with E-state index in [2.05, 4.69) is 15.2 Å². The number of fused-ring (bicyclic) bond motifs is 1. The Morgan fingerprint density at radius 3 is 2.41 bits per heavy atom. The molecular formula is C28H31F3N4O4. The van der Waals surface area contributed by atoms with Crippen molar-refractivity contribution < 1.29 is 32.7 Å². The van der Waals surface area contributed by atoms with Crippen LogP contribution in [0.2, 0.25) is 0 Å². The number of alkyl halides is 3. The number of carbonyl (C=O) groups is 3. The molecule has 39 heavy (non-hydrogen) atoms. The minimum atomic E-state index is -4.56. The molecule has 11 heteroatoms. The molecule has 0 spiro atoms. The second-order valence-electron chi connectivity index (χ2n) is 10.6. The molecule has 2 unspecified atom stereocenters. The molecule has 1 saturated carbocycles. The predicted molar refractivity (Wildman–Crippen MR) is 135 cm³/mol. The molecule has 5 rings (SSSR count). The van der Waals surface area contributed by atoms with Crippen LogP contribution in [0.15, 0.2) is 48.7 Å². The van der Waals surface area contributed by atoms with Crippen molar-refractivity contribution in [1.82, 2.24) is 20.1 Å². The number of carboxylic acids is 1. The van der Waals surface area contributed by atoms with Gasteiger partial charge in [-0.25, -0.2) is 0 Å². The Balaban J connectivity index is 1.17. The van der Waals surface area contributed by atoms with Crippen LogP contribution in [-0.2, 0) is 21.2 Å². The van der Waals surface area contributed by atoms with Crippen LogP contribution in [0, 0.1) is 0 Å². The predicted octanol–water partition coefficient (Wildman–Crippen LogP) is 3.47. The maximum atomic E-state index is 13.0. The molecule has 1 aromatic heterocycles. The molecule has 3 fully saturated rings. The summed E-state index contributed by atoms with van der Waals surface area (Å²) in [4.78, 5) is 46.2. The van der Waals surface area contributed by atoms with Crippen molar-refractivity contribution in [3.8, 4) is 0 Å². The Kier molecular flexibility index (Phi) is 7.37. The third-order valence-electron chi connectivity index (χ3n) is 8.63. The van der Waals surface area contributed by atoms with Gasteiger partial charge in [-0.1, -0.05) is 12.1 Å². The van der Waals surface area contributed by atoms with E-state index in [1.165, 1.54) is 12.1 Å². The molecule has 2 saturated heterocycles. The Bertz CT molecular complexity index is 1230. The second kappa shape index (κ2) is 10.6. The molecule has 2 N–H and O–H groups in total. The van der Waals surface area contributed by atoms with Crippen molar-refractivity contribution in [1.29, 1.82) is 0 Å². The molecular weight excluding hydrogens is 513 g/mol. The minimum absolute atomic E-state index is 0.00454. The molecule has 3 aliphatic rings. The van der Waals surface area contributed by atoms with Crippen LogP contribution in [0.3, 0.4) is 0 Å². The van der Waals surface area contributed by atoms with Crippen molar-refractivity contribution in [3.63, 3.8) is 0 Å². The zero-order valence-electron chi connectivity index (χ0n) is 21.4.